The molecule has 1 N–H and O–H groups in total. The Balaban J connectivity index is 1.63. The summed E-state index contributed by atoms with van der Waals surface area (Å²) in [6, 6.07) is 2.40. The standard InChI is InChI=1S/C18H27N5OS/c1-4-22(5-2)16(15-8-9-25-12-15)10-19-18(24)14-6-7-17-21-20-13(3)23(17)11-14/h8-9,12,14,16H,4-7,10-11H2,1-3H3,(H,19,24)/t14-,16-/m1/s1. The first-order chi connectivity index (χ1) is 12.1. The van der Waals surface area contributed by atoms with Gasteiger partial charge in [0.15, 0.2) is 0 Å². The van der Waals surface area contributed by atoms with Crippen LogP contribution in [0.4, 0.5) is 0 Å². The van der Waals surface area contributed by atoms with Crippen molar-refractivity contribution < 1.29 is 4.79 Å². The van der Waals surface area contributed by atoms with Crippen molar-refractivity contribution in [2.45, 2.75) is 46.2 Å². The molecule has 25 heavy (non-hydrogen) atoms. The summed E-state index contributed by atoms with van der Waals surface area (Å²) in [5.74, 6) is 2.04. The fourth-order valence-electron chi connectivity index (χ4n) is 3.60. The van der Waals surface area contributed by atoms with Gasteiger partial charge in [0.2, 0.25) is 5.91 Å². The van der Waals surface area contributed by atoms with Crippen molar-refractivity contribution in [2.75, 3.05) is 19.6 Å². The van der Waals surface area contributed by atoms with Crippen LogP contribution in [0.15, 0.2) is 16.8 Å². The highest BCUT2D eigenvalue weighted by Gasteiger charge is 2.28. The van der Waals surface area contributed by atoms with E-state index in [2.05, 4.69) is 55.7 Å². The van der Waals surface area contributed by atoms with E-state index < -0.39 is 0 Å². The number of likely N-dealkylation sites (N-methyl/N-ethyl adjacent to an activating group) is 1. The second kappa shape index (κ2) is 8.10. The number of hydrogen-bond acceptors (Lipinski definition) is 5. The molecule has 3 heterocycles. The molecule has 0 bridgehead atoms. The third-order valence-corrected chi connectivity index (χ3v) is 5.85. The van der Waals surface area contributed by atoms with Gasteiger partial charge < -0.3 is 9.88 Å². The normalized spacial score (nSPS) is 18.2. The first kappa shape index (κ1) is 18.1. The van der Waals surface area contributed by atoms with Crippen molar-refractivity contribution in [3.8, 4) is 0 Å². The average Bonchev–Trinajstić information content (AvgIpc) is 3.28. The summed E-state index contributed by atoms with van der Waals surface area (Å²) in [6.45, 7) is 9.57. The second-order valence-corrected chi connectivity index (χ2v) is 7.33. The van der Waals surface area contributed by atoms with Gasteiger partial charge in [-0.3, -0.25) is 9.69 Å². The number of thiophene rings is 1. The van der Waals surface area contributed by atoms with Crippen LogP contribution in [0, 0.1) is 12.8 Å². The molecule has 0 aliphatic carbocycles. The van der Waals surface area contributed by atoms with Crippen LogP contribution in [-0.4, -0.2) is 45.2 Å². The van der Waals surface area contributed by atoms with Gasteiger partial charge in [0.25, 0.3) is 0 Å². The second-order valence-electron chi connectivity index (χ2n) is 6.55. The summed E-state index contributed by atoms with van der Waals surface area (Å²) in [4.78, 5) is 15.1. The van der Waals surface area contributed by atoms with Crippen molar-refractivity contribution in [1.82, 2.24) is 25.0 Å². The summed E-state index contributed by atoms with van der Waals surface area (Å²) in [5, 5.41) is 15.8. The van der Waals surface area contributed by atoms with Crippen LogP contribution in [0.1, 0.15) is 43.5 Å². The lowest BCUT2D eigenvalue weighted by molar-refractivity contribution is -0.126. The smallest absolute Gasteiger partial charge is 0.224 e. The number of amides is 1. The predicted octanol–water partition coefficient (Wildman–Crippen LogP) is 2.41. The van der Waals surface area contributed by atoms with Gasteiger partial charge in [0, 0.05) is 19.5 Å². The monoisotopic (exact) mass is 361 g/mol. The zero-order valence-electron chi connectivity index (χ0n) is 15.2. The molecule has 1 amide bonds. The van der Waals surface area contributed by atoms with Crippen molar-refractivity contribution >= 4 is 17.2 Å². The van der Waals surface area contributed by atoms with Crippen molar-refractivity contribution in [3.05, 3.63) is 34.0 Å². The number of nitrogens with one attached hydrogen (secondary N) is 1. The maximum absolute atomic E-state index is 12.7. The highest BCUT2D eigenvalue weighted by molar-refractivity contribution is 7.07. The molecule has 0 aromatic carbocycles. The van der Waals surface area contributed by atoms with Gasteiger partial charge in [-0.15, -0.1) is 10.2 Å². The summed E-state index contributed by atoms with van der Waals surface area (Å²) < 4.78 is 2.08. The molecule has 1 aliphatic heterocycles. The van der Waals surface area contributed by atoms with E-state index >= 15 is 0 Å². The minimum atomic E-state index is 0.00188. The number of nitrogens with zero attached hydrogens (tertiary/aromatic N) is 4. The molecule has 7 heteroatoms. The molecular weight excluding hydrogens is 334 g/mol. The van der Waals surface area contributed by atoms with Crippen molar-refractivity contribution in [2.24, 2.45) is 5.92 Å². The largest absolute Gasteiger partial charge is 0.354 e. The van der Waals surface area contributed by atoms with Gasteiger partial charge in [0.1, 0.15) is 11.6 Å². The topological polar surface area (TPSA) is 63.1 Å². The van der Waals surface area contributed by atoms with Gasteiger partial charge in [-0.1, -0.05) is 13.8 Å². The summed E-state index contributed by atoms with van der Waals surface area (Å²) in [7, 11) is 0. The number of aryl methyl sites for hydroxylation is 2. The quantitative estimate of drug-likeness (QED) is 0.823. The Labute approximate surface area is 153 Å². The maximum atomic E-state index is 12.7. The van der Waals surface area contributed by atoms with E-state index in [1.807, 2.05) is 6.92 Å². The van der Waals surface area contributed by atoms with Crippen molar-refractivity contribution in [3.63, 3.8) is 0 Å². The van der Waals surface area contributed by atoms with E-state index in [0.29, 0.717) is 13.1 Å². The van der Waals surface area contributed by atoms with Gasteiger partial charge in [0.05, 0.1) is 12.0 Å². The fourth-order valence-corrected chi connectivity index (χ4v) is 4.31. The predicted molar refractivity (Wildman–Crippen MR) is 99.6 cm³/mol. The molecule has 0 spiro atoms. The Morgan fingerprint density at radius 2 is 2.24 bits per heavy atom. The maximum Gasteiger partial charge on any atom is 0.224 e. The van der Waals surface area contributed by atoms with E-state index in [1.54, 1.807) is 11.3 Å². The lowest BCUT2D eigenvalue weighted by Gasteiger charge is -2.30. The van der Waals surface area contributed by atoms with Crippen LogP contribution in [0.3, 0.4) is 0 Å². The zero-order valence-corrected chi connectivity index (χ0v) is 16.1. The Bertz CT molecular complexity index is 692. The van der Waals surface area contributed by atoms with E-state index in [9.17, 15) is 4.79 Å². The molecular formula is C18H27N5OS. The number of rotatable bonds is 7. The van der Waals surface area contributed by atoms with Gasteiger partial charge in [-0.2, -0.15) is 11.3 Å². The lowest BCUT2D eigenvalue weighted by Crippen LogP contribution is -2.42. The number of carbonyl (C=O) groups excluding carboxylic acids is 1. The van der Waals surface area contributed by atoms with E-state index in [-0.39, 0.29) is 17.9 Å². The van der Waals surface area contributed by atoms with Crippen LogP contribution in [0.25, 0.3) is 0 Å². The first-order valence-corrected chi connectivity index (χ1v) is 10.0. The highest BCUT2D eigenvalue weighted by Crippen LogP contribution is 2.23. The van der Waals surface area contributed by atoms with Crippen LogP contribution in [-0.2, 0) is 17.8 Å². The molecule has 0 saturated carbocycles. The Kier molecular flexibility index (Phi) is 5.86. The Morgan fingerprint density at radius 3 is 2.92 bits per heavy atom. The van der Waals surface area contributed by atoms with Crippen LogP contribution in [0.2, 0.25) is 0 Å². The molecule has 0 saturated heterocycles. The molecule has 0 radical (unpaired) electrons. The third-order valence-electron chi connectivity index (χ3n) is 5.15. The molecule has 136 valence electrons. The number of hydrogen-bond donors (Lipinski definition) is 1. The summed E-state index contributed by atoms with van der Waals surface area (Å²) in [5.41, 5.74) is 1.29. The van der Waals surface area contributed by atoms with Gasteiger partial charge >= 0.3 is 0 Å². The molecule has 2 atom stereocenters. The average molecular weight is 362 g/mol. The minimum Gasteiger partial charge on any atom is -0.354 e. The Hall–Kier alpha value is -1.73. The third kappa shape index (κ3) is 3.93. The Morgan fingerprint density at radius 1 is 1.44 bits per heavy atom. The number of aromatic nitrogens is 3. The van der Waals surface area contributed by atoms with Crippen LogP contribution >= 0.6 is 11.3 Å². The van der Waals surface area contributed by atoms with Crippen LogP contribution in [0.5, 0.6) is 0 Å². The summed E-state index contributed by atoms with van der Waals surface area (Å²) >= 11 is 1.71. The molecule has 1 aliphatic rings. The molecule has 3 rings (SSSR count). The molecule has 0 unspecified atom stereocenters. The molecule has 6 nitrogen and oxygen atoms in total. The SMILES string of the molecule is CCN(CC)[C@H](CNC(=O)[C@@H]1CCc2nnc(C)n2C1)c1ccsc1. The number of carbonyl (C=O) groups is 1. The van der Waals surface area contributed by atoms with Crippen molar-refractivity contribution in [1.29, 1.82) is 0 Å². The van der Waals surface area contributed by atoms with Crippen LogP contribution < -0.4 is 5.32 Å². The summed E-state index contributed by atoms with van der Waals surface area (Å²) in [6.07, 6.45) is 1.67. The molecule has 2 aromatic rings. The molecule has 0 fully saturated rings. The van der Waals surface area contributed by atoms with Gasteiger partial charge in [-0.05, 0) is 48.8 Å². The van der Waals surface area contributed by atoms with Gasteiger partial charge in [-0.25, -0.2) is 0 Å². The minimum absolute atomic E-state index is 0.00188. The highest BCUT2D eigenvalue weighted by atomic mass is 32.1. The lowest BCUT2D eigenvalue weighted by atomic mass is 9.98. The zero-order chi connectivity index (χ0) is 17.8. The fraction of sp³-hybridized carbons (Fsp3) is 0.611. The van der Waals surface area contributed by atoms with E-state index in [0.717, 1.165) is 37.6 Å². The number of fused-ring (bicyclic) bond motifs is 1. The first-order valence-electron chi connectivity index (χ1n) is 9.06. The van der Waals surface area contributed by atoms with E-state index in [1.165, 1.54) is 5.56 Å². The molecule has 2 aromatic heterocycles. The van der Waals surface area contributed by atoms with E-state index in [4.69, 9.17) is 0 Å².